The molecule has 134 valence electrons. The van der Waals surface area contributed by atoms with Gasteiger partial charge in [0, 0.05) is 4.43 Å². The highest BCUT2D eigenvalue weighted by Crippen LogP contribution is 2.31. The zero-order valence-electron chi connectivity index (χ0n) is 14.0. The van der Waals surface area contributed by atoms with Gasteiger partial charge in [0.25, 0.3) is 0 Å². The second-order valence-electron chi connectivity index (χ2n) is 5.37. The first-order valence-electron chi connectivity index (χ1n) is 7.59. The van der Waals surface area contributed by atoms with Crippen molar-refractivity contribution in [1.82, 2.24) is 0 Å². The van der Waals surface area contributed by atoms with E-state index in [1.54, 1.807) is 12.1 Å². The first-order valence-corrected chi connectivity index (χ1v) is 12.4. The van der Waals surface area contributed by atoms with E-state index < -0.39 is 10.0 Å². The number of hydrogen-bond acceptors (Lipinski definition) is 4. The minimum atomic E-state index is -3.42. The summed E-state index contributed by atoms with van der Waals surface area (Å²) >= 11 is 2.26. The summed E-state index contributed by atoms with van der Waals surface area (Å²) in [6.07, 6.45) is 1.05. The van der Waals surface area contributed by atoms with E-state index in [2.05, 4.69) is 27.3 Å². The summed E-state index contributed by atoms with van der Waals surface area (Å²) in [6.45, 7) is 2.33. The molecule has 2 rings (SSSR count). The van der Waals surface area contributed by atoms with Crippen molar-refractivity contribution in [2.45, 2.75) is 19.3 Å². The van der Waals surface area contributed by atoms with Crippen LogP contribution in [0.15, 0.2) is 48.5 Å². The molecule has 0 heterocycles. The fourth-order valence-corrected chi connectivity index (χ4v) is 4.31. The molecule has 0 fully saturated rings. The van der Waals surface area contributed by atoms with Gasteiger partial charge in [0.1, 0.15) is 12.4 Å². The maximum Gasteiger partial charge on any atom is 0.229 e. The molecule has 0 saturated heterocycles. The van der Waals surface area contributed by atoms with Crippen LogP contribution in [0.1, 0.15) is 17.2 Å². The van der Waals surface area contributed by atoms with Gasteiger partial charge in [-0.25, -0.2) is 8.42 Å². The predicted molar refractivity (Wildman–Crippen MR) is 110 cm³/mol. The topological polar surface area (TPSA) is 64.6 Å². The molecule has 2 aromatic rings. The molecule has 0 saturated carbocycles. The van der Waals surface area contributed by atoms with Crippen molar-refractivity contribution in [3.63, 3.8) is 0 Å². The van der Waals surface area contributed by atoms with Gasteiger partial charge in [0.15, 0.2) is 0 Å². The molecule has 1 atom stereocenters. The molecular formula is C17H20INO4SSi. The van der Waals surface area contributed by atoms with Crippen LogP contribution in [0.4, 0.5) is 5.69 Å². The Morgan fingerprint density at radius 3 is 2.52 bits per heavy atom. The Kier molecular flexibility index (Phi) is 7.72. The SMILES string of the molecule is C[Si]OC(CI)c1ccc(OCc2ccccc2)c(NS(C)(=O)=O)c1. The average molecular weight is 489 g/mol. The fraction of sp³-hybridized carbons (Fsp3) is 0.294. The molecule has 25 heavy (non-hydrogen) atoms. The number of nitrogens with one attached hydrogen (secondary N) is 1. The predicted octanol–water partition coefficient (Wildman–Crippen LogP) is 3.80. The maximum absolute atomic E-state index is 11.7. The molecule has 1 N–H and O–H groups in total. The lowest BCUT2D eigenvalue weighted by molar-refractivity contribution is 0.249. The van der Waals surface area contributed by atoms with Crippen molar-refractivity contribution in [3.8, 4) is 5.75 Å². The molecule has 0 amide bonds. The molecule has 0 aliphatic heterocycles. The van der Waals surface area contributed by atoms with E-state index in [1.165, 1.54) is 0 Å². The third kappa shape index (κ3) is 6.61. The minimum absolute atomic E-state index is 0.0767. The molecule has 0 aliphatic rings. The number of alkyl halides is 1. The van der Waals surface area contributed by atoms with E-state index in [4.69, 9.17) is 9.16 Å². The van der Waals surface area contributed by atoms with Crippen molar-refractivity contribution in [2.24, 2.45) is 0 Å². The quantitative estimate of drug-likeness (QED) is 0.331. The van der Waals surface area contributed by atoms with Crippen molar-refractivity contribution >= 4 is 48.1 Å². The zero-order valence-corrected chi connectivity index (χ0v) is 18.0. The number of rotatable bonds is 9. The van der Waals surface area contributed by atoms with Gasteiger partial charge in [-0.1, -0.05) is 59.0 Å². The summed E-state index contributed by atoms with van der Waals surface area (Å²) < 4.78 is 38.3. The molecule has 0 aliphatic carbocycles. The van der Waals surface area contributed by atoms with E-state index in [0.717, 1.165) is 21.8 Å². The van der Waals surface area contributed by atoms with E-state index in [0.29, 0.717) is 27.8 Å². The Morgan fingerprint density at radius 1 is 1.20 bits per heavy atom. The van der Waals surface area contributed by atoms with Crippen molar-refractivity contribution in [3.05, 3.63) is 59.7 Å². The molecular weight excluding hydrogens is 469 g/mol. The van der Waals surface area contributed by atoms with Crippen molar-refractivity contribution in [1.29, 1.82) is 0 Å². The Balaban J connectivity index is 2.27. The van der Waals surface area contributed by atoms with Crippen LogP contribution in [-0.2, 0) is 21.1 Å². The number of sulfonamides is 1. The molecule has 0 aromatic heterocycles. The minimum Gasteiger partial charge on any atom is -0.487 e. The largest absolute Gasteiger partial charge is 0.487 e. The lowest BCUT2D eigenvalue weighted by Gasteiger charge is -2.18. The Labute approximate surface area is 165 Å². The number of benzene rings is 2. The van der Waals surface area contributed by atoms with E-state index in [1.807, 2.05) is 42.9 Å². The highest BCUT2D eigenvalue weighted by molar-refractivity contribution is 14.1. The van der Waals surface area contributed by atoms with E-state index >= 15 is 0 Å². The third-order valence-corrected chi connectivity index (χ3v) is 5.22. The third-order valence-electron chi connectivity index (χ3n) is 3.31. The fourth-order valence-electron chi connectivity index (χ4n) is 2.22. The highest BCUT2D eigenvalue weighted by atomic mass is 127. The van der Waals surface area contributed by atoms with Crippen molar-refractivity contribution in [2.75, 3.05) is 15.4 Å². The van der Waals surface area contributed by atoms with Crippen molar-refractivity contribution < 1.29 is 17.6 Å². The van der Waals surface area contributed by atoms with Crippen LogP contribution in [0.25, 0.3) is 0 Å². The van der Waals surface area contributed by atoms with Gasteiger partial charge < -0.3 is 9.16 Å². The summed E-state index contributed by atoms with van der Waals surface area (Å²) in [5.41, 5.74) is 2.35. The standard InChI is InChI=1S/C17H20INO4SSi/c1-24(20,21)19-15-10-14(17(11-18)23-25-2)8-9-16(15)22-12-13-6-4-3-5-7-13/h3-10,17,19H,11-12H2,1-2H3. The Morgan fingerprint density at radius 2 is 1.92 bits per heavy atom. The zero-order chi connectivity index (χ0) is 18.3. The van der Waals surface area contributed by atoms with Crippen LogP contribution in [-0.4, -0.2) is 28.9 Å². The smallest absolute Gasteiger partial charge is 0.229 e. The monoisotopic (exact) mass is 489 g/mol. The summed E-state index contributed by atoms with van der Waals surface area (Å²) in [5.74, 6) is 0.490. The number of hydrogen-bond donors (Lipinski definition) is 1. The second-order valence-corrected chi connectivity index (χ2v) is 8.64. The second kappa shape index (κ2) is 9.55. The van der Waals surface area contributed by atoms with E-state index in [9.17, 15) is 8.42 Å². The molecule has 0 spiro atoms. The van der Waals surface area contributed by atoms with Crippen LogP contribution < -0.4 is 9.46 Å². The number of halogens is 1. The lowest BCUT2D eigenvalue weighted by Crippen LogP contribution is -2.13. The van der Waals surface area contributed by atoms with Gasteiger partial charge in [-0.2, -0.15) is 0 Å². The van der Waals surface area contributed by atoms with Crippen LogP contribution in [0.5, 0.6) is 5.75 Å². The molecule has 8 heteroatoms. The Hall–Kier alpha value is -1.10. The number of ether oxygens (including phenoxy) is 1. The molecule has 5 nitrogen and oxygen atoms in total. The summed E-state index contributed by atoms with van der Waals surface area (Å²) in [7, 11) is -3.05. The maximum atomic E-state index is 11.7. The average Bonchev–Trinajstić information content (AvgIpc) is 2.58. The van der Waals surface area contributed by atoms with Gasteiger partial charge in [0.05, 0.1) is 18.0 Å². The number of anilines is 1. The molecule has 0 bridgehead atoms. The van der Waals surface area contributed by atoms with Crippen LogP contribution in [0.3, 0.4) is 0 Å². The molecule has 2 radical (unpaired) electrons. The Bertz CT molecular complexity index is 786. The van der Waals surface area contributed by atoms with Gasteiger partial charge in [-0.05, 0) is 29.8 Å². The van der Waals surface area contributed by atoms with Crippen LogP contribution >= 0.6 is 22.6 Å². The van der Waals surface area contributed by atoms with Crippen LogP contribution in [0.2, 0.25) is 6.55 Å². The van der Waals surface area contributed by atoms with E-state index in [-0.39, 0.29) is 6.10 Å². The summed E-state index contributed by atoms with van der Waals surface area (Å²) in [4.78, 5) is 0. The van der Waals surface area contributed by atoms with Gasteiger partial charge in [0.2, 0.25) is 19.8 Å². The first-order chi connectivity index (χ1) is 11.9. The van der Waals surface area contributed by atoms with Gasteiger partial charge in [-0.3, -0.25) is 4.72 Å². The lowest BCUT2D eigenvalue weighted by atomic mass is 10.1. The first kappa shape index (κ1) is 20.2. The summed E-state index contributed by atoms with van der Waals surface area (Å²) in [6, 6.07) is 15.2. The summed E-state index contributed by atoms with van der Waals surface area (Å²) in [5, 5.41) is 0. The molecule has 2 aromatic carbocycles. The van der Waals surface area contributed by atoms with Crippen LogP contribution in [0, 0.1) is 0 Å². The normalized spacial score (nSPS) is 12.6. The molecule has 1 unspecified atom stereocenters. The highest BCUT2D eigenvalue weighted by Gasteiger charge is 2.15. The van der Waals surface area contributed by atoms with Gasteiger partial charge in [-0.15, -0.1) is 0 Å². The van der Waals surface area contributed by atoms with Gasteiger partial charge >= 0.3 is 0 Å².